The number of amides is 2. The van der Waals surface area contributed by atoms with E-state index in [1.54, 1.807) is 0 Å². The second kappa shape index (κ2) is 7.02. The number of carbonyl (C=O) groups is 2. The molecule has 0 saturated heterocycles. The zero-order valence-electron chi connectivity index (χ0n) is 11.2. The van der Waals surface area contributed by atoms with Gasteiger partial charge in [0.15, 0.2) is 0 Å². The third-order valence-corrected chi connectivity index (χ3v) is 3.09. The molecule has 0 bridgehead atoms. The second-order valence-corrected chi connectivity index (χ2v) is 4.43. The quantitative estimate of drug-likeness (QED) is 0.572. The van der Waals surface area contributed by atoms with Gasteiger partial charge in [0.2, 0.25) is 0 Å². The fourth-order valence-corrected chi connectivity index (χ4v) is 2.15. The molecule has 0 fully saturated rings. The zero-order chi connectivity index (χ0) is 14.4. The van der Waals surface area contributed by atoms with Crippen molar-refractivity contribution in [3.8, 4) is 0 Å². The molecule has 0 saturated carbocycles. The Hall–Kier alpha value is -1.92. The van der Waals surface area contributed by atoms with Crippen molar-refractivity contribution in [3.63, 3.8) is 0 Å². The normalized spacial score (nSPS) is 13.2. The Labute approximate surface area is 117 Å². The van der Waals surface area contributed by atoms with Crippen molar-refractivity contribution < 1.29 is 19.4 Å². The van der Waals surface area contributed by atoms with Crippen molar-refractivity contribution in [2.45, 2.75) is 6.42 Å². The fourth-order valence-electron chi connectivity index (χ4n) is 2.15. The Morgan fingerprint density at radius 3 is 2.90 bits per heavy atom. The molecule has 108 valence electrons. The third-order valence-electron chi connectivity index (χ3n) is 3.09. The first-order chi connectivity index (χ1) is 9.74. The number of nitrogens with one attached hydrogen (secondary N) is 1. The zero-order valence-corrected chi connectivity index (χ0v) is 11.2. The summed E-state index contributed by atoms with van der Waals surface area (Å²) < 4.78 is 5.01. The van der Waals surface area contributed by atoms with E-state index in [2.05, 4.69) is 5.32 Å². The Morgan fingerprint density at radius 1 is 1.30 bits per heavy atom. The van der Waals surface area contributed by atoms with Gasteiger partial charge in [-0.3, -0.25) is 9.59 Å². The van der Waals surface area contributed by atoms with Gasteiger partial charge in [0, 0.05) is 18.8 Å². The molecule has 2 amide bonds. The molecule has 0 radical (unpaired) electrons. The lowest BCUT2D eigenvalue weighted by Gasteiger charge is -2.16. The molecule has 2 N–H and O–H groups in total. The highest BCUT2D eigenvalue weighted by Crippen LogP contribution is 2.27. The molecule has 6 nitrogen and oxygen atoms in total. The van der Waals surface area contributed by atoms with Gasteiger partial charge in [0.25, 0.3) is 0 Å². The number of rotatable bonds is 5. The van der Waals surface area contributed by atoms with E-state index < -0.39 is 11.8 Å². The molecule has 1 aliphatic heterocycles. The number of ether oxygens (including phenoxy) is 1. The van der Waals surface area contributed by atoms with Gasteiger partial charge >= 0.3 is 11.8 Å². The first-order valence-electron chi connectivity index (χ1n) is 6.60. The SMILES string of the molecule is O=C(NCCOCCO)C(=O)N1CCc2ccccc21. The average Bonchev–Trinajstić information content (AvgIpc) is 2.90. The molecule has 1 aromatic carbocycles. The topological polar surface area (TPSA) is 78.9 Å². The highest BCUT2D eigenvalue weighted by molar-refractivity contribution is 6.40. The Kier molecular flexibility index (Phi) is 5.09. The van der Waals surface area contributed by atoms with Crippen LogP contribution in [0, 0.1) is 0 Å². The number of aliphatic hydroxyl groups is 1. The van der Waals surface area contributed by atoms with Crippen LogP contribution >= 0.6 is 0 Å². The smallest absolute Gasteiger partial charge is 0.316 e. The molecular formula is C14H18N2O4. The summed E-state index contributed by atoms with van der Waals surface area (Å²) in [6, 6.07) is 7.58. The highest BCUT2D eigenvalue weighted by atomic mass is 16.5. The monoisotopic (exact) mass is 278 g/mol. The molecule has 0 spiro atoms. The van der Waals surface area contributed by atoms with Gasteiger partial charge in [0.1, 0.15) is 0 Å². The number of nitrogens with zero attached hydrogens (tertiary/aromatic N) is 1. The number of aliphatic hydroxyl groups excluding tert-OH is 1. The summed E-state index contributed by atoms with van der Waals surface area (Å²) in [7, 11) is 0. The van der Waals surface area contributed by atoms with Crippen LogP contribution in [0.15, 0.2) is 24.3 Å². The minimum absolute atomic E-state index is 0.0581. The van der Waals surface area contributed by atoms with Crippen molar-refractivity contribution in [2.75, 3.05) is 37.8 Å². The molecule has 0 unspecified atom stereocenters. The maximum atomic E-state index is 12.1. The fraction of sp³-hybridized carbons (Fsp3) is 0.429. The van der Waals surface area contributed by atoms with E-state index in [0.717, 1.165) is 17.7 Å². The highest BCUT2D eigenvalue weighted by Gasteiger charge is 2.28. The first kappa shape index (κ1) is 14.5. The van der Waals surface area contributed by atoms with Crippen LogP contribution in [0.1, 0.15) is 5.56 Å². The number of benzene rings is 1. The first-order valence-corrected chi connectivity index (χ1v) is 6.60. The van der Waals surface area contributed by atoms with Crippen LogP contribution in [0.3, 0.4) is 0 Å². The van der Waals surface area contributed by atoms with E-state index >= 15 is 0 Å². The standard InChI is InChI=1S/C14H18N2O4/c17-8-10-20-9-6-15-13(18)14(19)16-7-5-11-3-1-2-4-12(11)16/h1-4,17H,5-10H2,(H,15,18). The van der Waals surface area contributed by atoms with Gasteiger partial charge in [-0.15, -0.1) is 0 Å². The lowest BCUT2D eigenvalue weighted by molar-refractivity contribution is -0.137. The van der Waals surface area contributed by atoms with Crippen LogP contribution in [0.4, 0.5) is 5.69 Å². The minimum Gasteiger partial charge on any atom is -0.394 e. The van der Waals surface area contributed by atoms with Crippen LogP contribution in [0.2, 0.25) is 0 Å². The number of hydrogen-bond acceptors (Lipinski definition) is 4. The summed E-state index contributed by atoms with van der Waals surface area (Å²) in [6.07, 6.45) is 0.773. The van der Waals surface area contributed by atoms with Crippen LogP contribution in [0.5, 0.6) is 0 Å². The van der Waals surface area contributed by atoms with Gasteiger partial charge in [-0.05, 0) is 18.1 Å². The number of fused-ring (bicyclic) bond motifs is 1. The number of para-hydroxylation sites is 1. The Bertz CT molecular complexity index is 490. The summed E-state index contributed by atoms with van der Waals surface area (Å²) >= 11 is 0. The van der Waals surface area contributed by atoms with Gasteiger partial charge < -0.3 is 20.1 Å². The number of anilines is 1. The molecule has 0 atom stereocenters. The third kappa shape index (κ3) is 3.34. The summed E-state index contributed by atoms with van der Waals surface area (Å²) in [4.78, 5) is 25.3. The van der Waals surface area contributed by atoms with Gasteiger partial charge in [-0.25, -0.2) is 0 Å². The number of hydrogen-bond donors (Lipinski definition) is 2. The minimum atomic E-state index is -0.630. The van der Waals surface area contributed by atoms with Gasteiger partial charge in [0.05, 0.1) is 19.8 Å². The van der Waals surface area contributed by atoms with E-state index in [9.17, 15) is 9.59 Å². The molecule has 1 aromatic rings. The predicted octanol–water partition coefficient (Wildman–Crippen LogP) is -0.299. The van der Waals surface area contributed by atoms with Crippen molar-refractivity contribution in [1.29, 1.82) is 0 Å². The molecule has 20 heavy (non-hydrogen) atoms. The van der Waals surface area contributed by atoms with Crippen LogP contribution in [-0.2, 0) is 20.7 Å². The Balaban J connectivity index is 1.84. The molecule has 1 heterocycles. The van der Waals surface area contributed by atoms with Crippen molar-refractivity contribution in [2.24, 2.45) is 0 Å². The Morgan fingerprint density at radius 2 is 2.10 bits per heavy atom. The molecule has 0 aromatic heterocycles. The molecule has 6 heteroatoms. The van der Waals surface area contributed by atoms with E-state index in [4.69, 9.17) is 9.84 Å². The maximum absolute atomic E-state index is 12.1. The maximum Gasteiger partial charge on any atom is 0.316 e. The van der Waals surface area contributed by atoms with Crippen LogP contribution < -0.4 is 10.2 Å². The molecule has 2 rings (SSSR count). The van der Waals surface area contributed by atoms with E-state index in [-0.39, 0.29) is 26.4 Å². The van der Waals surface area contributed by atoms with Gasteiger partial charge in [-0.1, -0.05) is 18.2 Å². The van der Waals surface area contributed by atoms with Crippen molar-refractivity contribution in [3.05, 3.63) is 29.8 Å². The second-order valence-electron chi connectivity index (χ2n) is 4.43. The van der Waals surface area contributed by atoms with Gasteiger partial charge in [-0.2, -0.15) is 0 Å². The average molecular weight is 278 g/mol. The molecule has 0 aliphatic carbocycles. The van der Waals surface area contributed by atoms with Crippen LogP contribution in [0.25, 0.3) is 0 Å². The van der Waals surface area contributed by atoms with Crippen LogP contribution in [-0.4, -0.2) is 49.8 Å². The largest absolute Gasteiger partial charge is 0.394 e. The van der Waals surface area contributed by atoms with Crippen molar-refractivity contribution in [1.82, 2.24) is 5.32 Å². The predicted molar refractivity (Wildman–Crippen MR) is 73.4 cm³/mol. The number of carbonyl (C=O) groups excluding carboxylic acids is 2. The lowest BCUT2D eigenvalue weighted by Crippen LogP contribution is -2.43. The summed E-state index contributed by atoms with van der Waals surface area (Å²) in [5.41, 5.74) is 1.89. The molecular weight excluding hydrogens is 260 g/mol. The lowest BCUT2D eigenvalue weighted by atomic mass is 10.2. The summed E-state index contributed by atoms with van der Waals surface area (Å²) in [5, 5.41) is 11.0. The van der Waals surface area contributed by atoms with E-state index in [1.807, 2.05) is 24.3 Å². The van der Waals surface area contributed by atoms with E-state index in [1.165, 1.54) is 4.90 Å². The van der Waals surface area contributed by atoms with Crippen molar-refractivity contribution >= 4 is 17.5 Å². The molecule has 1 aliphatic rings. The summed E-state index contributed by atoms with van der Waals surface area (Å²) in [5.74, 6) is -1.17. The summed E-state index contributed by atoms with van der Waals surface area (Å²) in [6.45, 7) is 1.23. The van der Waals surface area contributed by atoms with E-state index in [0.29, 0.717) is 6.54 Å².